The Hall–Kier alpha value is -1.95. The third-order valence-corrected chi connectivity index (χ3v) is 2.51. The van der Waals surface area contributed by atoms with E-state index in [2.05, 4.69) is 11.1 Å². The first kappa shape index (κ1) is 9.60. The number of rotatable bonds is 2. The lowest BCUT2D eigenvalue weighted by atomic mass is 10.1. The molecule has 0 spiro atoms. The molecule has 1 atom stereocenters. The summed E-state index contributed by atoms with van der Waals surface area (Å²) < 4.78 is 5.13. The second-order valence-electron chi connectivity index (χ2n) is 3.53. The van der Waals surface area contributed by atoms with Crippen molar-refractivity contribution in [2.24, 2.45) is 0 Å². The first-order valence-corrected chi connectivity index (χ1v) is 4.81. The monoisotopic (exact) mass is 200 g/mol. The van der Waals surface area contributed by atoms with Gasteiger partial charge < -0.3 is 9.72 Å². The van der Waals surface area contributed by atoms with E-state index in [1.54, 1.807) is 7.11 Å². The summed E-state index contributed by atoms with van der Waals surface area (Å²) in [5, 5.41) is 9.92. The van der Waals surface area contributed by atoms with E-state index in [0.717, 1.165) is 22.3 Å². The molecule has 1 aromatic carbocycles. The molecular weight excluding hydrogens is 188 g/mol. The van der Waals surface area contributed by atoms with Crippen LogP contribution < -0.4 is 4.74 Å². The summed E-state index contributed by atoms with van der Waals surface area (Å²) in [7, 11) is 1.64. The quantitative estimate of drug-likeness (QED) is 0.810. The van der Waals surface area contributed by atoms with E-state index >= 15 is 0 Å². The minimum absolute atomic E-state index is 0.108. The number of benzene rings is 1. The molecule has 0 aliphatic carbocycles. The number of aromatic amines is 1. The van der Waals surface area contributed by atoms with Crippen molar-refractivity contribution in [1.82, 2.24) is 4.98 Å². The van der Waals surface area contributed by atoms with Gasteiger partial charge in [-0.25, -0.2) is 0 Å². The van der Waals surface area contributed by atoms with E-state index < -0.39 is 0 Å². The maximum absolute atomic E-state index is 8.82. The lowest BCUT2D eigenvalue weighted by Crippen LogP contribution is -1.87. The molecule has 2 rings (SSSR count). The fraction of sp³-hybridized carbons (Fsp3) is 0.250. The molecule has 1 N–H and O–H groups in total. The SMILES string of the molecule is COc1ccc2cc(C(C)C#N)[nH]c2c1. The van der Waals surface area contributed by atoms with E-state index in [0.29, 0.717) is 0 Å². The van der Waals surface area contributed by atoms with Gasteiger partial charge in [0.15, 0.2) is 0 Å². The summed E-state index contributed by atoms with van der Waals surface area (Å²) in [6.07, 6.45) is 0. The highest BCUT2D eigenvalue weighted by molar-refractivity contribution is 5.82. The molecular formula is C12H12N2O. The van der Waals surface area contributed by atoms with Crippen LogP contribution >= 0.6 is 0 Å². The molecule has 0 amide bonds. The molecule has 0 saturated heterocycles. The van der Waals surface area contributed by atoms with Gasteiger partial charge in [0.05, 0.1) is 19.1 Å². The Morgan fingerprint density at radius 3 is 2.87 bits per heavy atom. The van der Waals surface area contributed by atoms with E-state index in [9.17, 15) is 0 Å². The van der Waals surface area contributed by atoms with Crippen LogP contribution in [0.3, 0.4) is 0 Å². The van der Waals surface area contributed by atoms with Crippen molar-refractivity contribution in [2.75, 3.05) is 7.11 Å². The summed E-state index contributed by atoms with van der Waals surface area (Å²) in [6.45, 7) is 1.88. The molecule has 3 nitrogen and oxygen atoms in total. The van der Waals surface area contributed by atoms with E-state index in [4.69, 9.17) is 10.00 Å². The van der Waals surface area contributed by atoms with Gasteiger partial charge in [0.2, 0.25) is 0 Å². The Kier molecular flexibility index (Phi) is 2.34. The van der Waals surface area contributed by atoms with Crippen LogP contribution in [0.5, 0.6) is 5.75 Å². The molecule has 1 heterocycles. The summed E-state index contributed by atoms with van der Waals surface area (Å²) in [5.41, 5.74) is 1.95. The molecule has 15 heavy (non-hydrogen) atoms. The predicted octanol–water partition coefficient (Wildman–Crippen LogP) is 2.80. The average Bonchev–Trinajstić information content (AvgIpc) is 2.70. The molecule has 0 fully saturated rings. The summed E-state index contributed by atoms with van der Waals surface area (Å²) in [4.78, 5) is 3.22. The number of fused-ring (bicyclic) bond motifs is 1. The molecule has 0 bridgehead atoms. The smallest absolute Gasteiger partial charge is 0.120 e. The van der Waals surface area contributed by atoms with Gasteiger partial charge in [-0.1, -0.05) is 0 Å². The Balaban J connectivity index is 2.52. The number of aromatic nitrogens is 1. The van der Waals surface area contributed by atoms with Gasteiger partial charge in [-0.15, -0.1) is 0 Å². The summed E-state index contributed by atoms with van der Waals surface area (Å²) in [6, 6.07) is 10.0. The van der Waals surface area contributed by atoms with Crippen molar-refractivity contribution in [1.29, 1.82) is 5.26 Å². The second kappa shape index (κ2) is 3.66. The number of hydrogen-bond acceptors (Lipinski definition) is 2. The van der Waals surface area contributed by atoms with E-state index in [1.165, 1.54) is 0 Å². The average molecular weight is 200 g/mol. The first-order chi connectivity index (χ1) is 7.24. The standard InChI is InChI=1S/C12H12N2O/c1-8(7-13)11-5-9-3-4-10(15-2)6-12(9)14-11/h3-6,8,14H,1-2H3. The van der Waals surface area contributed by atoms with Gasteiger partial charge in [-0.3, -0.25) is 0 Å². The van der Waals surface area contributed by atoms with Crippen molar-refractivity contribution in [3.63, 3.8) is 0 Å². The first-order valence-electron chi connectivity index (χ1n) is 4.81. The maximum Gasteiger partial charge on any atom is 0.120 e. The molecule has 0 radical (unpaired) electrons. The van der Waals surface area contributed by atoms with Gasteiger partial charge in [-0.05, 0) is 30.5 Å². The van der Waals surface area contributed by atoms with Crippen molar-refractivity contribution < 1.29 is 4.74 Å². The van der Waals surface area contributed by atoms with Gasteiger partial charge in [0.25, 0.3) is 0 Å². The lowest BCUT2D eigenvalue weighted by molar-refractivity contribution is 0.415. The fourth-order valence-corrected chi connectivity index (χ4v) is 1.56. The molecule has 0 aliphatic heterocycles. The van der Waals surface area contributed by atoms with Crippen LogP contribution in [0.2, 0.25) is 0 Å². The van der Waals surface area contributed by atoms with Crippen molar-refractivity contribution >= 4 is 10.9 Å². The van der Waals surface area contributed by atoms with Gasteiger partial charge in [0.1, 0.15) is 5.75 Å². The van der Waals surface area contributed by atoms with Gasteiger partial charge >= 0.3 is 0 Å². The van der Waals surface area contributed by atoms with Gasteiger partial charge in [0, 0.05) is 17.3 Å². The normalized spacial score (nSPS) is 12.3. The lowest BCUT2D eigenvalue weighted by Gasteiger charge is -1.98. The van der Waals surface area contributed by atoms with Crippen LogP contribution in [0, 0.1) is 11.3 Å². The Bertz CT molecular complexity index is 522. The molecule has 1 unspecified atom stereocenters. The zero-order valence-electron chi connectivity index (χ0n) is 8.74. The number of nitrogens with one attached hydrogen (secondary N) is 1. The molecule has 1 aromatic heterocycles. The van der Waals surface area contributed by atoms with Crippen LogP contribution in [0.25, 0.3) is 10.9 Å². The highest BCUT2D eigenvalue weighted by atomic mass is 16.5. The van der Waals surface area contributed by atoms with Crippen molar-refractivity contribution in [3.8, 4) is 11.8 Å². The highest BCUT2D eigenvalue weighted by Crippen LogP contribution is 2.24. The number of hydrogen-bond donors (Lipinski definition) is 1. The van der Waals surface area contributed by atoms with E-state index in [-0.39, 0.29) is 5.92 Å². The van der Waals surface area contributed by atoms with Crippen LogP contribution in [-0.4, -0.2) is 12.1 Å². The number of nitriles is 1. The van der Waals surface area contributed by atoms with Crippen LogP contribution in [0.1, 0.15) is 18.5 Å². The van der Waals surface area contributed by atoms with Crippen LogP contribution in [-0.2, 0) is 0 Å². The molecule has 0 saturated carbocycles. The Morgan fingerprint density at radius 2 is 2.20 bits per heavy atom. The topological polar surface area (TPSA) is 48.8 Å². The highest BCUT2D eigenvalue weighted by Gasteiger charge is 2.07. The largest absolute Gasteiger partial charge is 0.497 e. The third kappa shape index (κ3) is 1.66. The minimum Gasteiger partial charge on any atom is -0.497 e. The number of methoxy groups -OCH3 is 1. The fourth-order valence-electron chi connectivity index (χ4n) is 1.56. The Morgan fingerprint density at radius 1 is 1.40 bits per heavy atom. The van der Waals surface area contributed by atoms with Crippen LogP contribution in [0.4, 0.5) is 0 Å². The minimum atomic E-state index is -0.108. The second-order valence-corrected chi connectivity index (χ2v) is 3.53. The number of ether oxygens (including phenoxy) is 1. The summed E-state index contributed by atoms with van der Waals surface area (Å²) >= 11 is 0. The molecule has 76 valence electrons. The molecule has 0 aliphatic rings. The summed E-state index contributed by atoms with van der Waals surface area (Å²) in [5.74, 6) is 0.712. The van der Waals surface area contributed by atoms with Crippen molar-refractivity contribution in [3.05, 3.63) is 30.0 Å². The zero-order valence-corrected chi connectivity index (χ0v) is 8.74. The zero-order chi connectivity index (χ0) is 10.8. The third-order valence-electron chi connectivity index (χ3n) is 2.51. The number of H-pyrrole nitrogens is 1. The van der Waals surface area contributed by atoms with Crippen LogP contribution in [0.15, 0.2) is 24.3 Å². The molecule has 2 aromatic rings. The maximum atomic E-state index is 8.82. The van der Waals surface area contributed by atoms with E-state index in [1.807, 2.05) is 31.2 Å². The predicted molar refractivity (Wildman–Crippen MR) is 58.9 cm³/mol. The number of nitrogens with zero attached hydrogens (tertiary/aromatic N) is 1. The van der Waals surface area contributed by atoms with Crippen molar-refractivity contribution in [2.45, 2.75) is 12.8 Å². The molecule has 3 heteroatoms. The Labute approximate surface area is 88.3 Å². The van der Waals surface area contributed by atoms with Gasteiger partial charge in [-0.2, -0.15) is 5.26 Å².